The van der Waals surface area contributed by atoms with Crippen molar-refractivity contribution in [1.82, 2.24) is 0 Å². The van der Waals surface area contributed by atoms with Gasteiger partial charge in [0.05, 0.1) is 0 Å². The second kappa shape index (κ2) is 3.20. The minimum atomic E-state index is 0.519. The molecule has 0 bridgehead atoms. The van der Waals surface area contributed by atoms with Crippen molar-refractivity contribution in [2.24, 2.45) is 17.8 Å². The van der Waals surface area contributed by atoms with E-state index in [2.05, 4.69) is 6.92 Å². The normalized spacial score (nSPS) is 42.4. The summed E-state index contributed by atoms with van der Waals surface area (Å²) in [6, 6.07) is 0. The molecule has 0 aromatic carbocycles. The van der Waals surface area contributed by atoms with Crippen LogP contribution < -0.4 is 0 Å². The number of fused-ring (bicyclic) bond motifs is 1. The molecule has 2 rings (SSSR count). The molecule has 1 nitrogen and oxygen atoms in total. The minimum Gasteiger partial charge on any atom is -0.300 e. The predicted octanol–water partition coefficient (Wildman–Crippen LogP) is 2.79. The van der Waals surface area contributed by atoms with E-state index >= 15 is 0 Å². The summed E-state index contributed by atoms with van der Waals surface area (Å²) in [6.07, 6.45) is 7.02. The summed E-state index contributed by atoms with van der Waals surface area (Å²) in [4.78, 5) is 11.2. The molecule has 1 heteroatoms. The molecular weight excluding hydrogens is 148 g/mol. The van der Waals surface area contributed by atoms with Crippen molar-refractivity contribution in [2.45, 2.75) is 45.4 Å². The Hall–Kier alpha value is -0.330. The van der Waals surface area contributed by atoms with Crippen LogP contribution in [0.4, 0.5) is 0 Å². The summed E-state index contributed by atoms with van der Waals surface area (Å²) in [5.41, 5.74) is 0. The molecule has 2 saturated carbocycles. The molecule has 0 heterocycles. The first kappa shape index (κ1) is 8.28. The van der Waals surface area contributed by atoms with Gasteiger partial charge in [-0.2, -0.15) is 0 Å². The van der Waals surface area contributed by atoms with Gasteiger partial charge in [-0.1, -0.05) is 19.8 Å². The molecule has 2 fully saturated rings. The van der Waals surface area contributed by atoms with Crippen molar-refractivity contribution < 1.29 is 4.79 Å². The smallest absolute Gasteiger partial charge is 0.133 e. The van der Waals surface area contributed by atoms with Gasteiger partial charge in [0.25, 0.3) is 0 Å². The second-order valence-electron chi connectivity index (χ2n) is 4.61. The third-order valence-electron chi connectivity index (χ3n) is 3.82. The van der Waals surface area contributed by atoms with Crippen LogP contribution in [-0.2, 0) is 4.79 Å². The second-order valence-corrected chi connectivity index (χ2v) is 4.61. The fourth-order valence-corrected chi connectivity index (χ4v) is 3.09. The molecule has 68 valence electrons. The van der Waals surface area contributed by atoms with Crippen LogP contribution in [0.5, 0.6) is 0 Å². The number of carbonyl (C=O) groups is 1. The summed E-state index contributed by atoms with van der Waals surface area (Å²) < 4.78 is 0. The average Bonchev–Trinajstić information content (AvgIpc) is 2.04. The average molecular weight is 166 g/mol. The van der Waals surface area contributed by atoms with Crippen LogP contribution in [0.2, 0.25) is 0 Å². The van der Waals surface area contributed by atoms with Gasteiger partial charge in [0.2, 0.25) is 0 Å². The Kier molecular flexibility index (Phi) is 2.20. The molecule has 0 aromatic heterocycles. The van der Waals surface area contributed by atoms with Gasteiger partial charge in [-0.25, -0.2) is 0 Å². The first-order valence-corrected chi connectivity index (χ1v) is 5.29. The van der Waals surface area contributed by atoms with E-state index in [0.717, 1.165) is 30.6 Å². The summed E-state index contributed by atoms with van der Waals surface area (Å²) in [7, 11) is 0. The fraction of sp³-hybridized carbons (Fsp3) is 0.909. The largest absolute Gasteiger partial charge is 0.300 e. The molecule has 0 N–H and O–H groups in total. The van der Waals surface area contributed by atoms with E-state index in [1.807, 2.05) is 0 Å². The number of carbonyl (C=O) groups excluding carboxylic acids is 1. The van der Waals surface area contributed by atoms with Gasteiger partial charge < -0.3 is 0 Å². The molecular formula is C11H18O. The molecule has 3 atom stereocenters. The summed E-state index contributed by atoms with van der Waals surface area (Å²) >= 11 is 0. The molecule has 0 spiro atoms. The Morgan fingerprint density at radius 2 is 2.08 bits per heavy atom. The summed E-state index contributed by atoms with van der Waals surface area (Å²) in [6.45, 7) is 2.37. The van der Waals surface area contributed by atoms with Crippen LogP contribution in [0.1, 0.15) is 45.4 Å². The standard InChI is InChI=1S/C11H18O/c1-8-3-2-4-9-7-10(12)5-6-11(8)9/h8-9,11H,2-7H2,1H3/t8-,9+,11-/m0/s1. The number of hydrogen-bond donors (Lipinski definition) is 0. The summed E-state index contributed by atoms with van der Waals surface area (Å²) in [5, 5.41) is 0. The topological polar surface area (TPSA) is 17.1 Å². The van der Waals surface area contributed by atoms with E-state index < -0.39 is 0 Å². The Balaban J connectivity index is 2.04. The van der Waals surface area contributed by atoms with Crippen LogP contribution >= 0.6 is 0 Å². The van der Waals surface area contributed by atoms with Gasteiger partial charge in [0.15, 0.2) is 0 Å². The zero-order valence-corrected chi connectivity index (χ0v) is 7.88. The third-order valence-corrected chi connectivity index (χ3v) is 3.82. The van der Waals surface area contributed by atoms with Crippen LogP contribution in [0, 0.1) is 17.8 Å². The highest BCUT2D eigenvalue weighted by atomic mass is 16.1. The first-order chi connectivity index (χ1) is 5.77. The van der Waals surface area contributed by atoms with E-state index in [1.165, 1.54) is 25.7 Å². The fourth-order valence-electron chi connectivity index (χ4n) is 3.09. The molecule has 2 aliphatic carbocycles. The number of ketones is 1. The Morgan fingerprint density at radius 3 is 2.92 bits per heavy atom. The highest BCUT2D eigenvalue weighted by Crippen LogP contribution is 2.42. The maximum atomic E-state index is 11.2. The van der Waals surface area contributed by atoms with Crippen LogP contribution in [0.25, 0.3) is 0 Å². The summed E-state index contributed by atoms with van der Waals surface area (Å²) in [5.74, 6) is 3.05. The number of Topliss-reactive ketones (excluding diaryl/α,β-unsaturated/α-hetero) is 1. The van der Waals surface area contributed by atoms with E-state index in [-0.39, 0.29) is 0 Å². The van der Waals surface area contributed by atoms with Crippen molar-refractivity contribution in [1.29, 1.82) is 0 Å². The van der Waals surface area contributed by atoms with Gasteiger partial charge in [0.1, 0.15) is 5.78 Å². The van der Waals surface area contributed by atoms with Gasteiger partial charge in [-0.3, -0.25) is 4.79 Å². The van der Waals surface area contributed by atoms with Gasteiger partial charge in [0, 0.05) is 12.8 Å². The van der Waals surface area contributed by atoms with Crippen molar-refractivity contribution in [2.75, 3.05) is 0 Å². The molecule has 0 unspecified atom stereocenters. The van der Waals surface area contributed by atoms with Crippen molar-refractivity contribution >= 4 is 5.78 Å². The van der Waals surface area contributed by atoms with Gasteiger partial charge in [-0.05, 0) is 30.6 Å². The SMILES string of the molecule is C[C@H]1CCC[C@@H]2CC(=O)CC[C@H]21. The van der Waals surface area contributed by atoms with Gasteiger partial charge in [-0.15, -0.1) is 0 Å². The Labute approximate surface area is 74.5 Å². The van der Waals surface area contributed by atoms with Gasteiger partial charge >= 0.3 is 0 Å². The van der Waals surface area contributed by atoms with E-state index in [9.17, 15) is 4.79 Å². The molecule has 2 aliphatic rings. The lowest BCUT2D eigenvalue weighted by Gasteiger charge is -2.39. The highest BCUT2D eigenvalue weighted by Gasteiger charge is 2.34. The monoisotopic (exact) mass is 166 g/mol. The lowest BCUT2D eigenvalue weighted by molar-refractivity contribution is -0.123. The first-order valence-electron chi connectivity index (χ1n) is 5.29. The lowest BCUT2D eigenvalue weighted by Crippen LogP contribution is -2.32. The number of hydrogen-bond acceptors (Lipinski definition) is 1. The minimum absolute atomic E-state index is 0.519. The van der Waals surface area contributed by atoms with E-state index in [1.54, 1.807) is 0 Å². The molecule has 0 amide bonds. The van der Waals surface area contributed by atoms with Crippen molar-refractivity contribution in [3.63, 3.8) is 0 Å². The lowest BCUT2D eigenvalue weighted by atomic mass is 9.66. The zero-order valence-electron chi connectivity index (χ0n) is 7.88. The zero-order chi connectivity index (χ0) is 8.55. The van der Waals surface area contributed by atoms with E-state index in [0.29, 0.717) is 5.78 Å². The molecule has 0 aromatic rings. The molecule has 12 heavy (non-hydrogen) atoms. The Morgan fingerprint density at radius 1 is 1.25 bits per heavy atom. The maximum Gasteiger partial charge on any atom is 0.133 e. The third kappa shape index (κ3) is 1.41. The van der Waals surface area contributed by atoms with Crippen LogP contribution in [0.15, 0.2) is 0 Å². The van der Waals surface area contributed by atoms with Crippen molar-refractivity contribution in [3.05, 3.63) is 0 Å². The maximum absolute atomic E-state index is 11.2. The molecule has 0 aliphatic heterocycles. The van der Waals surface area contributed by atoms with Crippen molar-refractivity contribution in [3.8, 4) is 0 Å². The number of rotatable bonds is 0. The quantitative estimate of drug-likeness (QED) is 0.541. The highest BCUT2D eigenvalue weighted by molar-refractivity contribution is 5.79. The molecule has 0 radical (unpaired) electrons. The van der Waals surface area contributed by atoms with Crippen LogP contribution in [0.3, 0.4) is 0 Å². The van der Waals surface area contributed by atoms with E-state index in [4.69, 9.17) is 0 Å². The Bertz CT molecular complexity index is 185. The predicted molar refractivity (Wildman–Crippen MR) is 48.9 cm³/mol. The molecule has 0 saturated heterocycles. The van der Waals surface area contributed by atoms with Crippen LogP contribution in [-0.4, -0.2) is 5.78 Å².